The lowest BCUT2D eigenvalue weighted by Crippen LogP contribution is -2.27. The van der Waals surface area contributed by atoms with Gasteiger partial charge in [0.2, 0.25) is 0 Å². The summed E-state index contributed by atoms with van der Waals surface area (Å²) in [6.07, 6.45) is -0.406. The third-order valence-corrected chi connectivity index (χ3v) is 2.99. The van der Waals surface area contributed by atoms with Crippen molar-refractivity contribution in [3.63, 3.8) is 0 Å². The predicted octanol–water partition coefficient (Wildman–Crippen LogP) is 1.62. The van der Waals surface area contributed by atoms with E-state index in [0.717, 1.165) is 4.88 Å². The molecule has 1 amide bonds. The van der Waals surface area contributed by atoms with Gasteiger partial charge in [-0.1, -0.05) is 0 Å². The lowest BCUT2D eigenvalue weighted by molar-refractivity contribution is 0.0896. The summed E-state index contributed by atoms with van der Waals surface area (Å²) in [6.45, 7) is 2.47. The van der Waals surface area contributed by atoms with Crippen LogP contribution in [-0.2, 0) is 11.3 Å². The second kappa shape index (κ2) is 5.72. The Balaban J connectivity index is 2.45. The fraction of sp³-hybridized carbons (Fsp3) is 0.500. The van der Waals surface area contributed by atoms with Crippen LogP contribution in [0.15, 0.2) is 11.4 Å². The molecule has 1 N–H and O–H groups in total. The van der Waals surface area contributed by atoms with Crippen molar-refractivity contribution >= 4 is 17.4 Å². The zero-order valence-corrected chi connectivity index (χ0v) is 9.71. The quantitative estimate of drug-likeness (QED) is 0.853. The SMILES string of the molecule is Cc1ccsc1CN(C)C(=O)OCCO. The molecular weight excluding hydrogens is 214 g/mol. The van der Waals surface area contributed by atoms with Gasteiger partial charge in [0, 0.05) is 11.9 Å². The number of amides is 1. The Morgan fingerprint density at radius 2 is 2.40 bits per heavy atom. The van der Waals surface area contributed by atoms with Gasteiger partial charge in [-0.25, -0.2) is 4.79 Å². The molecule has 1 aromatic heterocycles. The molecule has 0 saturated carbocycles. The number of aliphatic hydroxyl groups is 1. The first-order valence-corrected chi connectivity index (χ1v) is 5.55. The van der Waals surface area contributed by atoms with Gasteiger partial charge in [0.15, 0.2) is 0 Å². The van der Waals surface area contributed by atoms with Crippen LogP contribution in [0.5, 0.6) is 0 Å². The zero-order valence-electron chi connectivity index (χ0n) is 8.90. The Morgan fingerprint density at radius 3 is 2.93 bits per heavy atom. The highest BCUT2D eigenvalue weighted by atomic mass is 32.1. The van der Waals surface area contributed by atoms with E-state index in [2.05, 4.69) is 0 Å². The monoisotopic (exact) mass is 229 g/mol. The van der Waals surface area contributed by atoms with Crippen molar-refractivity contribution in [1.29, 1.82) is 0 Å². The summed E-state index contributed by atoms with van der Waals surface area (Å²) in [5.74, 6) is 0. The van der Waals surface area contributed by atoms with Crippen molar-refractivity contribution in [3.05, 3.63) is 21.9 Å². The second-order valence-electron chi connectivity index (χ2n) is 3.22. The summed E-state index contributed by atoms with van der Waals surface area (Å²) in [7, 11) is 1.68. The molecule has 0 aromatic carbocycles. The standard InChI is InChI=1S/C10H15NO3S/c1-8-3-6-15-9(8)7-11(2)10(13)14-5-4-12/h3,6,12H,4-5,7H2,1-2H3. The molecule has 0 saturated heterocycles. The molecule has 4 nitrogen and oxygen atoms in total. The first kappa shape index (κ1) is 12.0. The Bertz CT molecular complexity index is 324. The van der Waals surface area contributed by atoms with E-state index in [-0.39, 0.29) is 13.2 Å². The number of ether oxygens (including phenoxy) is 1. The minimum absolute atomic E-state index is 0.0482. The molecule has 0 bridgehead atoms. The predicted molar refractivity (Wildman–Crippen MR) is 59.0 cm³/mol. The van der Waals surface area contributed by atoms with E-state index < -0.39 is 6.09 Å². The fourth-order valence-corrected chi connectivity index (χ4v) is 2.05. The summed E-state index contributed by atoms with van der Waals surface area (Å²) in [4.78, 5) is 14.0. The van der Waals surface area contributed by atoms with E-state index in [9.17, 15) is 4.79 Å². The van der Waals surface area contributed by atoms with Crippen LogP contribution in [0.2, 0.25) is 0 Å². The first-order chi connectivity index (χ1) is 7.15. The van der Waals surface area contributed by atoms with Gasteiger partial charge in [-0.05, 0) is 23.9 Å². The molecule has 0 radical (unpaired) electrons. The van der Waals surface area contributed by atoms with Crippen LogP contribution in [0.3, 0.4) is 0 Å². The summed E-state index contributed by atoms with van der Waals surface area (Å²) >= 11 is 1.62. The average molecular weight is 229 g/mol. The molecule has 0 spiro atoms. The molecule has 0 unspecified atom stereocenters. The van der Waals surface area contributed by atoms with E-state index in [4.69, 9.17) is 9.84 Å². The molecular formula is C10H15NO3S. The van der Waals surface area contributed by atoms with E-state index >= 15 is 0 Å². The Labute approximate surface area is 93.1 Å². The largest absolute Gasteiger partial charge is 0.447 e. The second-order valence-corrected chi connectivity index (χ2v) is 4.22. The van der Waals surface area contributed by atoms with E-state index in [0.29, 0.717) is 6.54 Å². The first-order valence-electron chi connectivity index (χ1n) is 4.67. The molecule has 0 fully saturated rings. The molecule has 0 aliphatic carbocycles. The Kier molecular flexibility index (Phi) is 4.58. The van der Waals surface area contributed by atoms with Gasteiger partial charge in [-0.2, -0.15) is 0 Å². The molecule has 0 aliphatic heterocycles. The Hall–Kier alpha value is -1.07. The number of hydrogen-bond donors (Lipinski definition) is 1. The number of carbonyl (C=O) groups is 1. The summed E-state index contributed by atoms with van der Waals surface area (Å²) < 4.78 is 4.78. The van der Waals surface area contributed by atoms with E-state index in [1.54, 1.807) is 18.4 Å². The summed E-state index contributed by atoms with van der Waals surface area (Å²) in [5.41, 5.74) is 1.18. The lowest BCUT2D eigenvalue weighted by atomic mass is 10.3. The minimum Gasteiger partial charge on any atom is -0.447 e. The molecule has 0 aliphatic rings. The van der Waals surface area contributed by atoms with E-state index in [1.807, 2.05) is 18.4 Å². The highest BCUT2D eigenvalue weighted by Crippen LogP contribution is 2.17. The normalized spacial score (nSPS) is 10.1. The highest BCUT2D eigenvalue weighted by Gasteiger charge is 2.11. The van der Waals surface area contributed by atoms with Gasteiger partial charge >= 0.3 is 6.09 Å². The molecule has 0 atom stereocenters. The molecule has 1 rings (SSSR count). The molecule has 1 heterocycles. The number of aryl methyl sites for hydroxylation is 1. The lowest BCUT2D eigenvalue weighted by Gasteiger charge is -2.16. The van der Waals surface area contributed by atoms with Crippen molar-refractivity contribution < 1.29 is 14.6 Å². The van der Waals surface area contributed by atoms with Crippen molar-refractivity contribution in [1.82, 2.24) is 4.90 Å². The molecule has 5 heteroatoms. The third kappa shape index (κ3) is 3.53. The van der Waals surface area contributed by atoms with Gasteiger partial charge in [0.1, 0.15) is 6.61 Å². The van der Waals surface area contributed by atoms with Crippen molar-refractivity contribution in [2.45, 2.75) is 13.5 Å². The van der Waals surface area contributed by atoms with Crippen LogP contribution in [0, 0.1) is 6.92 Å². The van der Waals surface area contributed by atoms with Gasteiger partial charge in [-0.15, -0.1) is 11.3 Å². The van der Waals surface area contributed by atoms with Crippen LogP contribution in [-0.4, -0.2) is 36.4 Å². The fourth-order valence-electron chi connectivity index (χ4n) is 1.09. The van der Waals surface area contributed by atoms with E-state index in [1.165, 1.54) is 10.5 Å². The maximum absolute atomic E-state index is 11.3. The minimum atomic E-state index is -0.406. The van der Waals surface area contributed by atoms with Crippen molar-refractivity contribution in [3.8, 4) is 0 Å². The van der Waals surface area contributed by atoms with Crippen LogP contribution in [0.25, 0.3) is 0 Å². The van der Waals surface area contributed by atoms with Crippen LogP contribution < -0.4 is 0 Å². The molecule has 15 heavy (non-hydrogen) atoms. The molecule has 84 valence electrons. The van der Waals surface area contributed by atoms with Crippen LogP contribution in [0.4, 0.5) is 4.79 Å². The maximum Gasteiger partial charge on any atom is 0.409 e. The average Bonchev–Trinajstić information content (AvgIpc) is 2.61. The van der Waals surface area contributed by atoms with Crippen molar-refractivity contribution in [2.24, 2.45) is 0 Å². The topological polar surface area (TPSA) is 49.8 Å². The van der Waals surface area contributed by atoms with Crippen LogP contribution >= 0.6 is 11.3 Å². The van der Waals surface area contributed by atoms with Crippen molar-refractivity contribution in [2.75, 3.05) is 20.3 Å². The van der Waals surface area contributed by atoms with Gasteiger partial charge < -0.3 is 14.7 Å². The number of carbonyl (C=O) groups excluding carboxylic acids is 1. The molecule has 1 aromatic rings. The van der Waals surface area contributed by atoms with Gasteiger partial charge in [0.05, 0.1) is 13.2 Å². The summed E-state index contributed by atoms with van der Waals surface area (Å²) in [6, 6.07) is 2.02. The third-order valence-electron chi connectivity index (χ3n) is 1.98. The number of nitrogens with zero attached hydrogens (tertiary/aromatic N) is 1. The number of rotatable bonds is 4. The van der Waals surface area contributed by atoms with Gasteiger partial charge in [0.25, 0.3) is 0 Å². The number of thiophene rings is 1. The smallest absolute Gasteiger partial charge is 0.409 e. The zero-order chi connectivity index (χ0) is 11.3. The number of aliphatic hydroxyl groups excluding tert-OH is 1. The highest BCUT2D eigenvalue weighted by molar-refractivity contribution is 7.10. The van der Waals surface area contributed by atoms with Crippen LogP contribution in [0.1, 0.15) is 10.4 Å². The Morgan fingerprint density at radius 1 is 1.67 bits per heavy atom. The maximum atomic E-state index is 11.3. The summed E-state index contributed by atoms with van der Waals surface area (Å²) in [5, 5.41) is 10.5. The van der Waals surface area contributed by atoms with Gasteiger partial charge in [-0.3, -0.25) is 0 Å². The number of hydrogen-bond acceptors (Lipinski definition) is 4.